The maximum Gasteiger partial charge on any atom is 0.129 e. The fourth-order valence-corrected chi connectivity index (χ4v) is 1.94. The summed E-state index contributed by atoms with van der Waals surface area (Å²) in [4.78, 5) is 0. The first-order valence-corrected chi connectivity index (χ1v) is 6.23. The number of nitrogens with zero attached hydrogens (tertiary/aromatic N) is 1. The molecule has 0 saturated heterocycles. The molecule has 1 atom stereocenters. The van der Waals surface area contributed by atoms with Crippen LogP contribution >= 0.6 is 0 Å². The highest BCUT2D eigenvalue weighted by Crippen LogP contribution is 2.14. The molecule has 19 heavy (non-hydrogen) atoms. The van der Waals surface area contributed by atoms with Gasteiger partial charge in [0.25, 0.3) is 0 Å². The molecule has 0 saturated carbocycles. The van der Waals surface area contributed by atoms with Gasteiger partial charge in [-0.15, -0.1) is 0 Å². The van der Waals surface area contributed by atoms with E-state index in [1.165, 1.54) is 18.2 Å². The van der Waals surface area contributed by atoms with Gasteiger partial charge >= 0.3 is 0 Å². The predicted molar refractivity (Wildman–Crippen MR) is 69.7 cm³/mol. The first-order chi connectivity index (χ1) is 9.08. The molecule has 2 N–H and O–H groups in total. The van der Waals surface area contributed by atoms with Crippen LogP contribution in [0.4, 0.5) is 8.78 Å². The van der Waals surface area contributed by atoms with Crippen LogP contribution < -0.4 is 5.32 Å². The van der Waals surface area contributed by atoms with Crippen molar-refractivity contribution in [3.63, 3.8) is 0 Å². The van der Waals surface area contributed by atoms with Crippen molar-refractivity contribution in [3.05, 3.63) is 52.9 Å². The first-order valence-electron chi connectivity index (χ1n) is 6.23. The standard InChI is InChI=1S/C14H17F2N3/c1-9(17-7-11-8-18-19-10(11)2)6-12-13(15)4-3-5-14(12)16/h3-5,8-9,17H,6-7H2,1-2H3,(H,18,19)/t9-/m1/s1. The van der Waals surface area contributed by atoms with E-state index < -0.39 is 11.6 Å². The number of hydrogen-bond donors (Lipinski definition) is 2. The smallest absolute Gasteiger partial charge is 0.129 e. The Morgan fingerprint density at radius 2 is 2.00 bits per heavy atom. The summed E-state index contributed by atoms with van der Waals surface area (Å²) < 4.78 is 27.0. The summed E-state index contributed by atoms with van der Waals surface area (Å²) in [6, 6.07) is 3.92. The zero-order valence-electron chi connectivity index (χ0n) is 11.0. The highest BCUT2D eigenvalue weighted by atomic mass is 19.1. The number of rotatable bonds is 5. The van der Waals surface area contributed by atoms with Gasteiger partial charge in [-0.05, 0) is 32.4 Å². The highest BCUT2D eigenvalue weighted by Gasteiger charge is 2.12. The van der Waals surface area contributed by atoms with Crippen molar-refractivity contribution in [1.82, 2.24) is 15.5 Å². The highest BCUT2D eigenvalue weighted by molar-refractivity contribution is 5.21. The second-order valence-corrected chi connectivity index (χ2v) is 4.71. The fraction of sp³-hybridized carbons (Fsp3) is 0.357. The van der Waals surface area contributed by atoms with E-state index in [0.717, 1.165) is 11.3 Å². The number of nitrogens with one attached hydrogen (secondary N) is 2. The largest absolute Gasteiger partial charge is 0.310 e. The molecule has 0 unspecified atom stereocenters. The van der Waals surface area contributed by atoms with Gasteiger partial charge in [-0.3, -0.25) is 5.10 Å². The number of aromatic amines is 1. The molecule has 3 nitrogen and oxygen atoms in total. The average Bonchev–Trinajstić information content (AvgIpc) is 2.77. The van der Waals surface area contributed by atoms with E-state index in [1.807, 2.05) is 13.8 Å². The third-order valence-corrected chi connectivity index (χ3v) is 3.15. The van der Waals surface area contributed by atoms with E-state index in [0.29, 0.717) is 13.0 Å². The van der Waals surface area contributed by atoms with Gasteiger partial charge in [0.2, 0.25) is 0 Å². The third kappa shape index (κ3) is 3.38. The van der Waals surface area contributed by atoms with Crippen LogP contribution in [0.5, 0.6) is 0 Å². The first kappa shape index (κ1) is 13.7. The van der Waals surface area contributed by atoms with Crippen LogP contribution in [0.1, 0.15) is 23.7 Å². The van der Waals surface area contributed by atoms with Crippen LogP contribution in [0.15, 0.2) is 24.4 Å². The van der Waals surface area contributed by atoms with Gasteiger partial charge in [-0.2, -0.15) is 5.10 Å². The third-order valence-electron chi connectivity index (χ3n) is 3.15. The van der Waals surface area contributed by atoms with Gasteiger partial charge in [-0.25, -0.2) is 8.78 Å². The molecule has 1 aromatic carbocycles. The summed E-state index contributed by atoms with van der Waals surface area (Å²) in [5.74, 6) is -0.985. The molecule has 0 fully saturated rings. The molecule has 0 aliphatic carbocycles. The van der Waals surface area contributed by atoms with Crippen molar-refractivity contribution in [3.8, 4) is 0 Å². The van der Waals surface area contributed by atoms with Crippen LogP contribution in [-0.2, 0) is 13.0 Å². The van der Waals surface area contributed by atoms with E-state index in [-0.39, 0.29) is 11.6 Å². The summed E-state index contributed by atoms with van der Waals surface area (Å²) in [6.45, 7) is 4.46. The van der Waals surface area contributed by atoms with Crippen molar-refractivity contribution >= 4 is 0 Å². The number of aryl methyl sites for hydroxylation is 1. The van der Waals surface area contributed by atoms with E-state index in [1.54, 1.807) is 6.20 Å². The Morgan fingerprint density at radius 3 is 2.58 bits per heavy atom. The second kappa shape index (κ2) is 5.93. The van der Waals surface area contributed by atoms with Gasteiger partial charge in [0, 0.05) is 29.4 Å². The van der Waals surface area contributed by atoms with E-state index in [2.05, 4.69) is 15.5 Å². The van der Waals surface area contributed by atoms with Crippen LogP contribution in [0.3, 0.4) is 0 Å². The van der Waals surface area contributed by atoms with Gasteiger partial charge in [0.1, 0.15) is 11.6 Å². The maximum absolute atomic E-state index is 13.5. The summed E-state index contributed by atoms with van der Waals surface area (Å²) >= 11 is 0. The summed E-state index contributed by atoms with van der Waals surface area (Å²) in [7, 11) is 0. The molecule has 1 heterocycles. The number of halogens is 2. The van der Waals surface area contributed by atoms with Crippen molar-refractivity contribution in [2.24, 2.45) is 0 Å². The normalized spacial score (nSPS) is 12.6. The Bertz CT molecular complexity index is 531. The number of H-pyrrole nitrogens is 1. The average molecular weight is 265 g/mol. The van der Waals surface area contributed by atoms with Gasteiger partial charge < -0.3 is 5.32 Å². The number of aromatic nitrogens is 2. The van der Waals surface area contributed by atoms with E-state index in [4.69, 9.17) is 0 Å². The zero-order valence-corrected chi connectivity index (χ0v) is 11.0. The molecule has 2 aromatic rings. The van der Waals surface area contributed by atoms with Crippen molar-refractivity contribution < 1.29 is 8.78 Å². The second-order valence-electron chi connectivity index (χ2n) is 4.71. The molecule has 0 aliphatic rings. The van der Waals surface area contributed by atoms with Crippen LogP contribution in [0.25, 0.3) is 0 Å². The Morgan fingerprint density at radius 1 is 1.32 bits per heavy atom. The minimum absolute atomic E-state index is 0.0271. The lowest BCUT2D eigenvalue weighted by atomic mass is 10.1. The lowest BCUT2D eigenvalue weighted by Crippen LogP contribution is -2.28. The molecule has 0 aliphatic heterocycles. The van der Waals surface area contributed by atoms with Crippen LogP contribution in [0, 0.1) is 18.6 Å². The molecule has 102 valence electrons. The summed E-state index contributed by atoms with van der Waals surface area (Å²) in [6.07, 6.45) is 2.06. The number of hydrogen-bond acceptors (Lipinski definition) is 2. The summed E-state index contributed by atoms with van der Waals surface area (Å²) in [5.41, 5.74) is 2.18. The molecule has 1 aromatic heterocycles. The van der Waals surface area contributed by atoms with Gasteiger partial charge in [0.05, 0.1) is 6.20 Å². The fourth-order valence-electron chi connectivity index (χ4n) is 1.94. The molecular weight excluding hydrogens is 248 g/mol. The molecular formula is C14H17F2N3. The minimum Gasteiger partial charge on any atom is -0.310 e. The van der Waals surface area contributed by atoms with Gasteiger partial charge in [0.15, 0.2) is 0 Å². The van der Waals surface area contributed by atoms with Crippen molar-refractivity contribution in [2.45, 2.75) is 32.9 Å². The molecule has 0 radical (unpaired) electrons. The molecule has 0 bridgehead atoms. The molecule has 0 spiro atoms. The monoisotopic (exact) mass is 265 g/mol. The molecule has 0 amide bonds. The topological polar surface area (TPSA) is 40.7 Å². The lowest BCUT2D eigenvalue weighted by Gasteiger charge is -2.14. The SMILES string of the molecule is Cc1[nH]ncc1CN[C@H](C)Cc1c(F)cccc1F. The zero-order chi connectivity index (χ0) is 13.8. The number of benzene rings is 1. The lowest BCUT2D eigenvalue weighted by molar-refractivity contribution is 0.499. The van der Waals surface area contributed by atoms with Crippen molar-refractivity contribution in [2.75, 3.05) is 0 Å². The Labute approximate surface area is 111 Å². The van der Waals surface area contributed by atoms with Crippen molar-refractivity contribution in [1.29, 1.82) is 0 Å². The molecule has 5 heteroatoms. The Hall–Kier alpha value is -1.75. The summed E-state index contributed by atoms with van der Waals surface area (Å²) in [5, 5.41) is 10.0. The van der Waals surface area contributed by atoms with Crippen LogP contribution in [0.2, 0.25) is 0 Å². The predicted octanol–water partition coefficient (Wildman–Crippen LogP) is 2.72. The Balaban J connectivity index is 1.94. The van der Waals surface area contributed by atoms with E-state index in [9.17, 15) is 8.78 Å². The maximum atomic E-state index is 13.5. The Kier molecular flexibility index (Phi) is 4.27. The van der Waals surface area contributed by atoms with Gasteiger partial charge in [-0.1, -0.05) is 6.07 Å². The quantitative estimate of drug-likeness (QED) is 0.872. The minimum atomic E-state index is -0.492. The van der Waals surface area contributed by atoms with Crippen LogP contribution in [-0.4, -0.2) is 16.2 Å². The van der Waals surface area contributed by atoms with E-state index >= 15 is 0 Å². The molecule has 2 rings (SSSR count).